The topological polar surface area (TPSA) is 88.6 Å². The van der Waals surface area contributed by atoms with Crippen LogP contribution in [0, 0.1) is 5.92 Å². The number of piperidine rings is 1. The highest BCUT2D eigenvalue weighted by Crippen LogP contribution is 2.42. The van der Waals surface area contributed by atoms with Gasteiger partial charge in [-0.15, -0.1) is 0 Å². The first-order chi connectivity index (χ1) is 24.1. The number of hydrogen-bond donors (Lipinski definition) is 0. The molecular weight excluding hydrogens is 630 g/mol. The fraction of sp³-hybridized carbons (Fsp3) is 0.488. The van der Waals surface area contributed by atoms with Crippen molar-refractivity contribution in [2.75, 3.05) is 58.5 Å². The number of benzene rings is 3. The van der Waals surface area contributed by atoms with Gasteiger partial charge >= 0.3 is 12.1 Å². The lowest BCUT2D eigenvalue weighted by Gasteiger charge is -2.41. The number of nitrogens with zero attached hydrogens (tertiary/aromatic N) is 3. The third kappa shape index (κ3) is 8.15. The number of ether oxygens (including phenoxy) is 3. The van der Waals surface area contributed by atoms with Crippen molar-refractivity contribution >= 4 is 23.7 Å². The standard InChI is InChI=1S/C41H51N3O6/c1-41(2,3)50-40(47)43-22-20-34(31-11-8-10-30(24-31)28-14-16-29(17-15-28)39(46)49-5)36(27-43)38(45)44(33-18-19-33)26-32-25-42(21-9-23-48-4)37-13-7-6-12-35(32)37/h6-8,10-17,24,32-34,36H,9,18-23,25-27H2,1-5H3/t32?,34-,36+/m1/s1. The van der Waals surface area contributed by atoms with Gasteiger partial charge in [0.15, 0.2) is 0 Å². The van der Waals surface area contributed by atoms with Gasteiger partial charge in [0.25, 0.3) is 0 Å². The van der Waals surface area contributed by atoms with E-state index in [-0.39, 0.29) is 35.8 Å². The lowest BCUT2D eigenvalue weighted by molar-refractivity contribution is -0.138. The minimum atomic E-state index is -0.629. The predicted molar refractivity (Wildman–Crippen MR) is 194 cm³/mol. The van der Waals surface area contributed by atoms with Gasteiger partial charge in [0.2, 0.25) is 5.91 Å². The average molecular weight is 682 g/mol. The molecule has 2 fully saturated rings. The normalized spacial score (nSPS) is 20.3. The minimum absolute atomic E-state index is 0.0712. The highest BCUT2D eigenvalue weighted by Gasteiger charge is 2.44. The fourth-order valence-corrected chi connectivity index (χ4v) is 7.57. The summed E-state index contributed by atoms with van der Waals surface area (Å²) in [6, 6.07) is 24.5. The van der Waals surface area contributed by atoms with Gasteiger partial charge in [0.05, 0.1) is 18.6 Å². The van der Waals surface area contributed by atoms with Crippen LogP contribution >= 0.6 is 0 Å². The van der Waals surface area contributed by atoms with E-state index in [1.807, 2.05) is 39.0 Å². The first-order valence-corrected chi connectivity index (χ1v) is 18.0. The van der Waals surface area contributed by atoms with Crippen LogP contribution in [0.1, 0.15) is 79.8 Å². The summed E-state index contributed by atoms with van der Waals surface area (Å²) in [4.78, 5) is 46.7. The van der Waals surface area contributed by atoms with Gasteiger partial charge in [0, 0.05) is 64.1 Å². The lowest BCUT2D eigenvalue weighted by Crippen LogP contribution is -2.51. The Morgan fingerprint density at radius 3 is 2.34 bits per heavy atom. The number of fused-ring (bicyclic) bond motifs is 1. The largest absolute Gasteiger partial charge is 0.465 e. The van der Waals surface area contributed by atoms with Crippen molar-refractivity contribution in [1.29, 1.82) is 0 Å². The summed E-state index contributed by atoms with van der Waals surface area (Å²) in [7, 11) is 3.12. The van der Waals surface area contributed by atoms with Crippen molar-refractivity contribution in [2.24, 2.45) is 5.92 Å². The predicted octanol–water partition coefficient (Wildman–Crippen LogP) is 7.11. The van der Waals surface area contributed by atoms with Crippen molar-refractivity contribution in [1.82, 2.24) is 9.80 Å². The zero-order valence-electron chi connectivity index (χ0n) is 30.1. The first-order valence-electron chi connectivity index (χ1n) is 18.0. The van der Waals surface area contributed by atoms with Crippen LogP contribution < -0.4 is 4.90 Å². The Kier molecular flexibility index (Phi) is 10.8. The Morgan fingerprint density at radius 2 is 1.64 bits per heavy atom. The van der Waals surface area contributed by atoms with Crippen LogP contribution in [0.25, 0.3) is 11.1 Å². The SMILES string of the molecule is COCCCN1CC(CN(C(=O)[C@H]2CN(C(=O)OC(C)(C)C)CC[C@@H]2c2cccc(-c3ccc(C(=O)OC)cc3)c2)C2CC2)c2ccccc21. The van der Waals surface area contributed by atoms with Crippen molar-refractivity contribution < 1.29 is 28.6 Å². The Bertz CT molecular complexity index is 1660. The molecule has 0 bridgehead atoms. The Morgan fingerprint density at radius 1 is 0.880 bits per heavy atom. The number of carbonyl (C=O) groups excluding carboxylic acids is 3. The molecule has 50 heavy (non-hydrogen) atoms. The van der Waals surface area contributed by atoms with Crippen molar-refractivity contribution in [3.05, 3.63) is 89.5 Å². The van der Waals surface area contributed by atoms with Gasteiger partial charge in [-0.3, -0.25) is 4.79 Å². The molecule has 1 aliphatic carbocycles. The number of likely N-dealkylation sites (tertiary alicyclic amines) is 1. The van der Waals surface area contributed by atoms with Crippen molar-refractivity contribution in [3.63, 3.8) is 0 Å². The molecule has 9 heteroatoms. The number of methoxy groups -OCH3 is 2. The maximum atomic E-state index is 15.0. The maximum absolute atomic E-state index is 15.0. The summed E-state index contributed by atoms with van der Waals surface area (Å²) >= 11 is 0. The molecule has 2 heterocycles. The molecule has 9 nitrogen and oxygen atoms in total. The van der Waals surface area contributed by atoms with Crippen molar-refractivity contribution in [3.8, 4) is 11.1 Å². The van der Waals surface area contributed by atoms with E-state index in [0.29, 0.717) is 38.2 Å². The summed E-state index contributed by atoms with van der Waals surface area (Å²) in [5.74, 6) is -0.530. The molecule has 2 aliphatic heterocycles. The number of anilines is 1. The number of para-hydroxylation sites is 1. The molecule has 6 rings (SSSR count). The molecule has 0 spiro atoms. The highest BCUT2D eigenvalue weighted by atomic mass is 16.6. The average Bonchev–Trinajstić information content (AvgIpc) is 3.91. The summed E-state index contributed by atoms with van der Waals surface area (Å²) < 4.78 is 16.0. The Balaban J connectivity index is 1.28. The molecule has 2 amide bonds. The Labute approximate surface area is 296 Å². The minimum Gasteiger partial charge on any atom is -0.465 e. The molecular formula is C41H51N3O6. The van der Waals surface area contributed by atoms with Crippen LogP contribution in [0.5, 0.6) is 0 Å². The van der Waals surface area contributed by atoms with E-state index in [0.717, 1.165) is 49.0 Å². The zero-order valence-corrected chi connectivity index (χ0v) is 30.1. The summed E-state index contributed by atoms with van der Waals surface area (Å²) in [5.41, 5.74) is 5.47. The molecule has 3 aromatic rings. The summed E-state index contributed by atoms with van der Waals surface area (Å²) in [5, 5.41) is 0. The third-order valence-electron chi connectivity index (χ3n) is 10.2. The molecule has 1 saturated heterocycles. The van der Waals surface area contributed by atoms with Crippen LogP contribution in [0.2, 0.25) is 0 Å². The highest BCUT2D eigenvalue weighted by molar-refractivity contribution is 5.90. The number of esters is 1. The maximum Gasteiger partial charge on any atom is 0.410 e. The van der Waals surface area contributed by atoms with Crippen LogP contribution in [-0.4, -0.2) is 93.0 Å². The second-order valence-electron chi connectivity index (χ2n) is 14.9. The van der Waals surface area contributed by atoms with E-state index in [4.69, 9.17) is 14.2 Å². The van der Waals surface area contributed by atoms with E-state index < -0.39 is 11.5 Å². The second kappa shape index (κ2) is 15.3. The summed E-state index contributed by atoms with van der Waals surface area (Å²) in [6.45, 7) is 9.59. The number of hydrogen-bond acceptors (Lipinski definition) is 7. The Hall–Kier alpha value is -4.37. The molecule has 0 aromatic heterocycles. The molecule has 3 atom stereocenters. The molecule has 266 valence electrons. The number of rotatable bonds is 11. The monoisotopic (exact) mass is 681 g/mol. The quantitative estimate of drug-likeness (QED) is 0.157. The van der Waals surface area contributed by atoms with Crippen LogP contribution in [0.3, 0.4) is 0 Å². The van der Waals surface area contributed by atoms with Gasteiger partial charge in [-0.25, -0.2) is 9.59 Å². The van der Waals surface area contributed by atoms with Crippen LogP contribution in [0.15, 0.2) is 72.8 Å². The van der Waals surface area contributed by atoms with E-state index in [9.17, 15) is 14.4 Å². The first kappa shape index (κ1) is 35.5. The fourth-order valence-electron chi connectivity index (χ4n) is 7.57. The van der Waals surface area contributed by atoms with Crippen LogP contribution in [-0.2, 0) is 19.0 Å². The van der Waals surface area contributed by atoms with E-state index in [2.05, 4.69) is 52.3 Å². The van der Waals surface area contributed by atoms with Gasteiger partial charge in [0.1, 0.15) is 5.60 Å². The smallest absolute Gasteiger partial charge is 0.410 e. The second-order valence-corrected chi connectivity index (χ2v) is 14.9. The molecule has 1 unspecified atom stereocenters. The van der Waals surface area contributed by atoms with E-state index in [1.165, 1.54) is 18.4 Å². The molecule has 0 N–H and O–H groups in total. The van der Waals surface area contributed by atoms with Crippen LogP contribution in [0.4, 0.5) is 10.5 Å². The lowest BCUT2D eigenvalue weighted by atomic mass is 9.78. The van der Waals surface area contributed by atoms with E-state index >= 15 is 0 Å². The van der Waals surface area contributed by atoms with E-state index in [1.54, 1.807) is 24.1 Å². The molecule has 0 radical (unpaired) electrons. The zero-order chi connectivity index (χ0) is 35.4. The third-order valence-corrected chi connectivity index (χ3v) is 10.2. The molecule has 3 aliphatic rings. The van der Waals surface area contributed by atoms with Gasteiger partial charge in [-0.2, -0.15) is 0 Å². The van der Waals surface area contributed by atoms with Crippen molar-refractivity contribution in [2.45, 2.75) is 69.9 Å². The molecule has 3 aromatic carbocycles. The van der Waals surface area contributed by atoms with Gasteiger partial charge in [-0.05, 0) is 92.8 Å². The number of carbonyl (C=O) groups is 3. The molecule has 1 saturated carbocycles. The summed E-state index contributed by atoms with van der Waals surface area (Å²) in [6.07, 6.45) is 3.23. The number of amides is 2. The van der Waals surface area contributed by atoms with Gasteiger partial charge < -0.3 is 28.9 Å². The van der Waals surface area contributed by atoms with Gasteiger partial charge in [-0.1, -0.05) is 54.6 Å².